The summed E-state index contributed by atoms with van der Waals surface area (Å²) < 4.78 is 4.61. The van der Waals surface area contributed by atoms with Crippen LogP contribution >= 0.6 is 24.8 Å². The van der Waals surface area contributed by atoms with E-state index >= 15 is 0 Å². The molecule has 1 aliphatic heterocycles. The molecule has 0 spiro atoms. The Hall–Kier alpha value is -0.840. The summed E-state index contributed by atoms with van der Waals surface area (Å²) in [6, 6.07) is 3.64. The maximum atomic E-state index is 11.2. The van der Waals surface area contributed by atoms with E-state index in [-0.39, 0.29) is 30.8 Å². The smallest absolute Gasteiger partial charge is 0.356 e. The maximum Gasteiger partial charge on any atom is 0.356 e. The van der Waals surface area contributed by atoms with Crippen molar-refractivity contribution in [2.45, 2.75) is 13.0 Å². The third kappa shape index (κ3) is 3.07. The molecule has 0 unspecified atom stereocenters. The Labute approximate surface area is 107 Å². The van der Waals surface area contributed by atoms with Gasteiger partial charge in [0.2, 0.25) is 0 Å². The lowest BCUT2D eigenvalue weighted by molar-refractivity contribution is 0.0593. The number of carbonyl (C=O) groups is 1. The van der Waals surface area contributed by atoms with Gasteiger partial charge in [-0.3, -0.25) is 0 Å². The summed E-state index contributed by atoms with van der Waals surface area (Å²) >= 11 is 0. The number of nitrogens with one attached hydrogen (secondary N) is 1. The van der Waals surface area contributed by atoms with Gasteiger partial charge in [0.05, 0.1) is 7.11 Å². The molecule has 6 heteroatoms. The molecule has 0 amide bonds. The Morgan fingerprint density at radius 1 is 1.44 bits per heavy atom. The topological polar surface area (TPSA) is 51.2 Å². The second kappa shape index (κ2) is 6.68. The first-order valence-corrected chi connectivity index (χ1v) is 4.59. The number of ether oxygens (including phenoxy) is 1. The lowest BCUT2D eigenvalue weighted by Crippen LogP contribution is -2.25. The Balaban J connectivity index is 0.00000112. The first-order valence-electron chi connectivity index (χ1n) is 4.59. The molecule has 1 aliphatic rings. The minimum atomic E-state index is -0.369. The molecule has 0 saturated carbocycles. The molecule has 4 nitrogen and oxygen atoms in total. The fourth-order valence-corrected chi connectivity index (χ4v) is 1.56. The zero-order valence-electron chi connectivity index (χ0n) is 8.86. The minimum Gasteiger partial charge on any atom is -0.464 e. The quantitative estimate of drug-likeness (QED) is 0.779. The van der Waals surface area contributed by atoms with Crippen LogP contribution in [0.5, 0.6) is 0 Å². The number of methoxy groups -OCH3 is 1. The van der Waals surface area contributed by atoms with Gasteiger partial charge in [0.1, 0.15) is 5.69 Å². The second-order valence-electron chi connectivity index (χ2n) is 3.22. The van der Waals surface area contributed by atoms with Crippen molar-refractivity contribution in [1.82, 2.24) is 10.3 Å². The number of carbonyl (C=O) groups excluding carboxylic acids is 1. The highest BCUT2D eigenvalue weighted by molar-refractivity contribution is 5.87. The minimum absolute atomic E-state index is 0. The van der Waals surface area contributed by atoms with Gasteiger partial charge in [-0.2, -0.15) is 0 Å². The van der Waals surface area contributed by atoms with Gasteiger partial charge in [0.25, 0.3) is 0 Å². The zero-order valence-corrected chi connectivity index (χ0v) is 10.5. The Kier molecular flexibility index (Phi) is 6.33. The molecule has 0 radical (unpaired) electrons. The second-order valence-corrected chi connectivity index (χ2v) is 3.22. The lowest BCUT2D eigenvalue weighted by Gasteiger charge is -2.16. The van der Waals surface area contributed by atoms with Gasteiger partial charge in [0, 0.05) is 25.2 Å². The normalized spacial score (nSPS) is 12.8. The fraction of sp³-hybridized carbons (Fsp3) is 0.400. The van der Waals surface area contributed by atoms with Crippen molar-refractivity contribution < 1.29 is 9.53 Å². The SMILES string of the molecule is COC(=O)c1ccc2c(n1)CCNC2.Cl.Cl. The summed E-state index contributed by atoms with van der Waals surface area (Å²) in [4.78, 5) is 15.5. The number of esters is 1. The third-order valence-corrected chi connectivity index (χ3v) is 2.32. The monoisotopic (exact) mass is 264 g/mol. The van der Waals surface area contributed by atoms with Crippen molar-refractivity contribution >= 4 is 30.8 Å². The summed E-state index contributed by atoms with van der Waals surface area (Å²) in [6.45, 7) is 1.76. The number of rotatable bonds is 1. The van der Waals surface area contributed by atoms with Crippen LogP contribution in [-0.4, -0.2) is 24.6 Å². The van der Waals surface area contributed by atoms with E-state index in [0.29, 0.717) is 5.69 Å². The van der Waals surface area contributed by atoms with Crippen LogP contribution in [0.15, 0.2) is 12.1 Å². The van der Waals surface area contributed by atoms with E-state index in [4.69, 9.17) is 0 Å². The molecule has 1 N–H and O–H groups in total. The van der Waals surface area contributed by atoms with E-state index in [0.717, 1.165) is 25.2 Å². The number of fused-ring (bicyclic) bond motifs is 1. The van der Waals surface area contributed by atoms with Crippen molar-refractivity contribution in [2.24, 2.45) is 0 Å². The Morgan fingerprint density at radius 2 is 2.19 bits per heavy atom. The van der Waals surface area contributed by atoms with Crippen LogP contribution in [0.1, 0.15) is 21.7 Å². The molecule has 2 heterocycles. The van der Waals surface area contributed by atoms with E-state index < -0.39 is 0 Å². The van der Waals surface area contributed by atoms with Gasteiger partial charge in [0.15, 0.2) is 0 Å². The average Bonchev–Trinajstić information content (AvgIpc) is 2.27. The van der Waals surface area contributed by atoms with E-state index in [1.54, 1.807) is 6.07 Å². The summed E-state index contributed by atoms with van der Waals surface area (Å²) in [7, 11) is 1.37. The molecule has 0 aromatic carbocycles. The number of hydrogen-bond donors (Lipinski definition) is 1. The lowest BCUT2D eigenvalue weighted by atomic mass is 10.1. The predicted molar refractivity (Wildman–Crippen MR) is 65.5 cm³/mol. The van der Waals surface area contributed by atoms with Crippen molar-refractivity contribution in [3.05, 3.63) is 29.1 Å². The maximum absolute atomic E-state index is 11.2. The van der Waals surface area contributed by atoms with E-state index in [2.05, 4.69) is 15.0 Å². The van der Waals surface area contributed by atoms with Crippen LogP contribution in [0.2, 0.25) is 0 Å². The molecule has 0 fully saturated rings. The van der Waals surface area contributed by atoms with Crippen LogP contribution in [0, 0.1) is 0 Å². The molecule has 1 aromatic rings. The fourth-order valence-electron chi connectivity index (χ4n) is 1.56. The van der Waals surface area contributed by atoms with Crippen LogP contribution in [-0.2, 0) is 17.7 Å². The van der Waals surface area contributed by atoms with Gasteiger partial charge in [-0.25, -0.2) is 9.78 Å². The first kappa shape index (κ1) is 15.2. The number of aromatic nitrogens is 1. The molecule has 0 atom stereocenters. The van der Waals surface area contributed by atoms with E-state index in [9.17, 15) is 4.79 Å². The van der Waals surface area contributed by atoms with Crippen LogP contribution in [0.25, 0.3) is 0 Å². The molecule has 0 bridgehead atoms. The number of pyridine rings is 1. The summed E-state index contributed by atoms with van der Waals surface area (Å²) in [6.07, 6.45) is 0.875. The number of hydrogen-bond acceptors (Lipinski definition) is 4. The Morgan fingerprint density at radius 3 is 2.88 bits per heavy atom. The summed E-state index contributed by atoms with van der Waals surface area (Å²) in [5.41, 5.74) is 2.57. The van der Waals surface area contributed by atoms with Gasteiger partial charge in [-0.15, -0.1) is 24.8 Å². The highest BCUT2D eigenvalue weighted by Gasteiger charge is 2.13. The molecular formula is C10H14Cl2N2O2. The first-order chi connectivity index (χ1) is 6.81. The van der Waals surface area contributed by atoms with Crippen molar-refractivity contribution in [2.75, 3.05) is 13.7 Å². The number of halogens is 2. The highest BCUT2D eigenvalue weighted by atomic mass is 35.5. The molecular weight excluding hydrogens is 251 g/mol. The van der Waals surface area contributed by atoms with Gasteiger partial charge < -0.3 is 10.1 Å². The third-order valence-electron chi connectivity index (χ3n) is 2.32. The van der Waals surface area contributed by atoms with Gasteiger partial charge in [-0.1, -0.05) is 6.07 Å². The van der Waals surface area contributed by atoms with Crippen LogP contribution < -0.4 is 5.32 Å². The molecule has 16 heavy (non-hydrogen) atoms. The van der Waals surface area contributed by atoms with Crippen molar-refractivity contribution in [3.8, 4) is 0 Å². The number of nitrogens with zero attached hydrogens (tertiary/aromatic N) is 1. The predicted octanol–water partition coefficient (Wildman–Crippen LogP) is 1.36. The van der Waals surface area contributed by atoms with E-state index in [1.165, 1.54) is 12.7 Å². The van der Waals surface area contributed by atoms with Crippen molar-refractivity contribution in [1.29, 1.82) is 0 Å². The van der Waals surface area contributed by atoms with Crippen LogP contribution in [0.4, 0.5) is 0 Å². The zero-order chi connectivity index (χ0) is 9.97. The molecule has 90 valence electrons. The largest absolute Gasteiger partial charge is 0.464 e. The Bertz CT molecular complexity index is 372. The van der Waals surface area contributed by atoms with Gasteiger partial charge >= 0.3 is 5.97 Å². The summed E-state index contributed by atoms with van der Waals surface area (Å²) in [5, 5.41) is 3.25. The highest BCUT2D eigenvalue weighted by Crippen LogP contribution is 2.12. The average molecular weight is 265 g/mol. The molecule has 2 rings (SSSR count). The van der Waals surface area contributed by atoms with E-state index in [1.807, 2.05) is 6.07 Å². The molecule has 0 saturated heterocycles. The van der Waals surface area contributed by atoms with Crippen molar-refractivity contribution in [3.63, 3.8) is 0 Å². The standard InChI is InChI=1S/C10H12N2O2.2ClH/c1-14-10(13)9-3-2-7-6-11-5-4-8(7)12-9;;/h2-3,11H,4-6H2,1H3;2*1H. The summed E-state index contributed by atoms with van der Waals surface area (Å²) in [5.74, 6) is -0.369. The van der Waals surface area contributed by atoms with Crippen LogP contribution in [0.3, 0.4) is 0 Å². The van der Waals surface area contributed by atoms with Gasteiger partial charge in [-0.05, 0) is 11.6 Å². The molecule has 1 aromatic heterocycles. The molecule has 0 aliphatic carbocycles.